The second kappa shape index (κ2) is 6.35. The maximum atomic E-state index is 10.7. The molecule has 4 nitrogen and oxygen atoms in total. The van der Waals surface area contributed by atoms with Crippen molar-refractivity contribution >= 4 is 17.3 Å². The van der Waals surface area contributed by atoms with E-state index in [0.717, 1.165) is 30.9 Å². The highest BCUT2D eigenvalue weighted by atomic mass is 35.5. The van der Waals surface area contributed by atoms with Gasteiger partial charge in [-0.15, -0.1) is 0 Å². The Kier molecular flexibility index (Phi) is 4.77. The molecular formula is C14H19ClN2O2. The largest absolute Gasteiger partial charge is 0.313 e. The van der Waals surface area contributed by atoms with Crippen LogP contribution in [0, 0.1) is 16.0 Å². The number of nitro groups is 1. The molecule has 1 aromatic rings. The molecule has 1 fully saturated rings. The molecule has 0 aliphatic heterocycles. The first-order valence-corrected chi connectivity index (χ1v) is 7.15. The Morgan fingerprint density at radius 3 is 2.79 bits per heavy atom. The minimum Gasteiger partial charge on any atom is -0.313 e. The first-order chi connectivity index (χ1) is 9.11. The van der Waals surface area contributed by atoms with Gasteiger partial charge in [-0.25, -0.2) is 0 Å². The van der Waals surface area contributed by atoms with Crippen LogP contribution in [0.2, 0.25) is 5.02 Å². The first-order valence-electron chi connectivity index (χ1n) is 6.78. The van der Waals surface area contributed by atoms with E-state index in [4.69, 9.17) is 11.6 Å². The molecular weight excluding hydrogens is 264 g/mol. The van der Waals surface area contributed by atoms with Gasteiger partial charge in [0.25, 0.3) is 5.69 Å². The highest BCUT2D eigenvalue weighted by Crippen LogP contribution is 2.35. The van der Waals surface area contributed by atoms with Crippen molar-refractivity contribution in [3.8, 4) is 0 Å². The average molecular weight is 283 g/mol. The van der Waals surface area contributed by atoms with Gasteiger partial charge in [0.15, 0.2) is 0 Å². The van der Waals surface area contributed by atoms with Crippen molar-refractivity contribution in [1.82, 2.24) is 5.32 Å². The van der Waals surface area contributed by atoms with Crippen molar-refractivity contribution in [2.75, 3.05) is 6.54 Å². The van der Waals surface area contributed by atoms with E-state index in [9.17, 15) is 10.1 Å². The molecule has 0 radical (unpaired) electrons. The van der Waals surface area contributed by atoms with Gasteiger partial charge in [0, 0.05) is 18.2 Å². The van der Waals surface area contributed by atoms with E-state index in [-0.39, 0.29) is 5.69 Å². The van der Waals surface area contributed by atoms with Gasteiger partial charge in [0.1, 0.15) is 0 Å². The quantitative estimate of drug-likeness (QED) is 0.614. The minimum absolute atomic E-state index is 0.0539. The second-order valence-corrected chi connectivity index (χ2v) is 5.54. The fourth-order valence-corrected chi connectivity index (χ4v) is 2.54. The van der Waals surface area contributed by atoms with E-state index in [1.807, 2.05) is 0 Å². The molecule has 1 aliphatic rings. The number of benzene rings is 1. The molecule has 1 atom stereocenters. The molecule has 2 rings (SSSR count). The van der Waals surface area contributed by atoms with E-state index in [2.05, 4.69) is 12.2 Å². The number of halogens is 1. The maximum Gasteiger partial charge on any atom is 0.270 e. The summed E-state index contributed by atoms with van der Waals surface area (Å²) in [4.78, 5) is 10.3. The Hall–Kier alpha value is -1.13. The van der Waals surface area contributed by atoms with Crippen LogP contribution in [0.3, 0.4) is 0 Å². The summed E-state index contributed by atoms with van der Waals surface area (Å²) in [6.07, 6.45) is 4.50. The smallest absolute Gasteiger partial charge is 0.270 e. The Bertz CT molecular complexity index is 461. The van der Waals surface area contributed by atoms with Gasteiger partial charge in [-0.2, -0.15) is 0 Å². The van der Waals surface area contributed by atoms with Gasteiger partial charge in [-0.05, 0) is 43.7 Å². The zero-order valence-electron chi connectivity index (χ0n) is 11.1. The van der Waals surface area contributed by atoms with Crippen molar-refractivity contribution in [1.29, 1.82) is 0 Å². The predicted molar refractivity (Wildman–Crippen MR) is 76.6 cm³/mol. The summed E-state index contributed by atoms with van der Waals surface area (Å²) in [5.41, 5.74) is 1.05. The molecule has 1 N–H and O–H groups in total. The summed E-state index contributed by atoms with van der Waals surface area (Å²) in [5, 5.41) is 14.7. The van der Waals surface area contributed by atoms with Gasteiger partial charge >= 0.3 is 0 Å². The van der Waals surface area contributed by atoms with Gasteiger partial charge in [-0.1, -0.05) is 24.6 Å². The number of nitrogens with one attached hydrogen (secondary N) is 1. The number of non-ortho nitro benzene ring substituents is 1. The van der Waals surface area contributed by atoms with Gasteiger partial charge in [0.05, 0.1) is 9.95 Å². The van der Waals surface area contributed by atoms with Crippen LogP contribution in [0.1, 0.15) is 31.7 Å². The van der Waals surface area contributed by atoms with Crippen molar-refractivity contribution in [3.63, 3.8) is 0 Å². The molecule has 104 valence electrons. The molecule has 1 saturated carbocycles. The molecule has 0 aromatic heterocycles. The summed E-state index contributed by atoms with van der Waals surface area (Å²) in [6, 6.07) is 5.20. The lowest BCUT2D eigenvalue weighted by molar-refractivity contribution is -0.384. The summed E-state index contributed by atoms with van der Waals surface area (Å²) in [6.45, 7) is 3.15. The second-order valence-electron chi connectivity index (χ2n) is 5.13. The SMILES string of the molecule is CCCNC(Cc1ccc([N+](=O)[O-])cc1Cl)C1CC1. The van der Waals surface area contributed by atoms with Crippen LogP contribution >= 0.6 is 11.6 Å². The third-order valence-electron chi connectivity index (χ3n) is 3.53. The number of nitrogens with zero attached hydrogens (tertiary/aromatic N) is 1. The minimum atomic E-state index is -0.413. The van der Waals surface area contributed by atoms with Crippen LogP contribution in [0.4, 0.5) is 5.69 Å². The summed E-state index contributed by atoms with van der Waals surface area (Å²) < 4.78 is 0. The molecule has 1 unspecified atom stereocenters. The van der Waals surface area contributed by atoms with Crippen molar-refractivity contribution in [3.05, 3.63) is 38.9 Å². The van der Waals surface area contributed by atoms with Crippen LogP contribution in [0.25, 0.3) is 0 Å². The molecule has 0 amide bonds. The van der Waals surface area contributed by atoms with Crippen molar-refractivity contribution < 1.29 is 4.92 Å². The molecule has 1 aliphatic carbocycles. The molecule has 0 spiro atoms. The lowest BCUT2D eigenvalue weighted by atomic mass is 10.0. The average Bonchev–Trinajstić information content (AvgIpc) is 3.20. The third-order valence-corrected chi connectivity index (χ3v) is 3.89. The molecule has 19 heavy (non-hydrogen) atoms. The monoisotopic (exact) mass is 282 g/mol. The normalized spacial score (nSPS) is 16.3. The van der Waals surface area contributed by atoms with Crippen molar-refractivity contribution in [2.24, 2.45) is 5.92 Å². The van der Waals surface area contributed by atoms with E-state index >= 15 is 0 Å². The fourth-order valence-electron chi connectivity index (χ4n) is 2.29. The zero-order chi connectivity index (χ0) is 13.8. The fraction of sp³-hybridized carbons (Fsp3) is 0.571. The van der Waals surface area contributed by atoms with Crippen LogP contribution in [0.5, 0.6) is 0 Å². The molecule has 0 bridgehead atoms. The number of hydrogen-bond donors (Lipinski definition) is 1. The Labute approximate surface area is 118 Å². The Balaban J connectivity index is 2.06. The Morgan fingerprint density at radius 2 is 2.26 bits per heavy atom. The van der Waals surface area contributed by atoms with Gasteiger partial charge in [0.2, 0.25) is 0 Å². The van der Waals surface area contributed by atoms with Crippen LogP contribution in [-0.4, -0.2) is 17.5 Å². The highest BCUT2D eigenvalue weighted by molar-refractivity contribution is 6.31. The molecule has 1 aromatic carbocycles. The van der Waals surface area contributed by atoms with Crippen LogP contribution in [-0.2, 0) is 6.42 Å². The third kappa shape index (κ3) is 3.91. The zero-order valence-corrected chi connectivity index (χ0v) is 11.8. The summed E-state index contributed by atoms with van der Waals surface area (Å²) in [7, 11) is 0. The highest BCUT2D eigenvalue weighted by Gasteiger charge is 2.31. The van der Waals surface area contributed by atoms with Gasteiger partial charge < -0.3 is 5.32 Å². The predicted octanol–water partition coefficient (Wildman–Crippen LogP) is 3.57. The van der Waals surface area contributed by atoms with E-state index in [1.165, 1.54) is 25.0 Å². The molecule has 0 heterocycles. The van der Waals surface area contributed by atoms with Gasteiger partial charge in [-0.3, -0.25) is 10.1 Å². The number of hydrogen-bond acceptors (Lipinski definition) is 3. The molecule has 5 heteroatoms. The van der Waals surface area contributed by atoms with Crippen LogP contribution < -0.4 is 5.32 Å². The first kappa shape index (κ1) is 14.3. The standard InChI is InChI=1S/C14H19ClN2O2/c1-2-7-16-14(10-3-4-10)8-11-5-6-12(17(18)19)9-13(11)15/h5-6,9-10,14,16H,2-4,7-8H2,1H3. The van der Waals surface area contributed by atoms with E-state index in [1.54, 1.807) is 6.07 Å². The number of rotatable bonds is 7. The molecule has 0 saturated heterocycles. The van der Waals surface area contributed by atoms with E-state index < -0.39 is 4.92 Å². The summed E-state index contributed by atoms with van der Waals surface area (Å²) >= 11 is 6.14. The lowest BCUT2D eigenvalue weighted by Gasteiger charge is -2.18. The van der Waals surface area contributed by atoms with Crippen LogP contribution in [0.15, 0.2) is 18.2 Å². The lowest BCUT2D eigenvalue weighted by Crippen LogP contribution is -2.33. The van der Waals surface area contributed by atoms with E-state index in [0.29, 0.717) is 11.1 Å². The maximum absolute atomic E-state index is 10.7. The number of nitro benzene ring substituents is 1. The summed E-state index contributed by atoms with van der Waals surface area (Å²) in [5.74, 6) is 0.734. The topological polar surface area (TPSA) is 55.2 Å². The Morgan fingerprint density at radius 1 is 1.53 bits per heavy atom. The van der Waals surface area contributed by atoms with Crippen molar-refractivity contribution in [2.45, 2.75) is 38.6 Å².